The quantitative estimate of drug-likeness (QED) is 0.0215. The lowest BCUT2D eigenvalue weighted by atomic mass is 9.98. The van der Waals surface area contributed by atoms with E-state index in [9.17, 15) is 40.5 Å². The second kappa shape index (κ2) is 67.8. The van der Waals surface area contributed by atoms with Gasteiger partial charge >= 0.3 is 0 Å². The summed E-state index contributed by atoms with van der Waals surface area (Å²) in [6.07, 6.45) is 80.5. The molecule has 0 spiro atoms. The summed E-state index contributed by atoms with van der Waals surface area (Å²) in [7, 11) is 0. The summed E-state index contributed by atoms with van der Waals surface area (Å²) in [5.74, 6) is -0.708. The number of allylic oxidation sites excluding steroid dienone is 10. The van der Waals surface area contributed by atoms with Crippen LogP contribution in [0.15, 0.2) is 60.8 Å². The summed E-state index contributed by atoms with van der Waals surface area (Å²) in [4.78, 5) is 13.3. The van der Waals surface area contributed by atoms with Crippen LogP contribution >= 0.6 is 0 Å². The fourth-order valence-electron chi connectivity index (χ4n) is 12.5. The number of aliphatic hydroxyl groups excluding tert-OH is 7. The van der Waals surface area contributed by atoms with E-state index in [2.05, 4.69) is 79.9 Å². The predicted octanol–water partition coefficient (Wildman–Crippen LogP) is 20.0. The lowest BCUT2D eigenvalue weighted by molar-refractivity contribution is -0.303. The second-order valence-electron chi connectivity index (χ2n) is 27.4. The number of amides is 1. The molecule has 0 aromatic carbocycles. The van der Waals surface area contributed by atoms with Gasteiger partial charge in [0.1, 0.15) is 36.6 Å². The molecule has 91 heavy (non-hydrogen) atoms. The lowest BCUT2D eigenvalue weighted by Gasteiger charge is -2.40. The van der Waals surface area contributed by atoms with Gasteiger partial charge < -0.3 is 50.5 Å². The zero-order chi connectivity index (χ0) is 66.0. The van der Waals surface area contributed by atoms with Crippen molar-refractivity contribution in [3.05, 3.63) is 60.8 Å². The summed E-state index contributed by atoms with van der Waals surface area (Å²) < 4.78 is 11.2. The van der Waals surface area contributed by atoms with Crippen LogP contribution in [0.5, 0.6) is 0 Å². The van der Waals surface area contributed by atoms with Crippen molar-refractivity contribution in [2.45, 2.75) is 428 Å². The number of hydrogen-bond donors (Lipinski definition) is 8. The molecule has 1 heterocycles. The maximum atomic E-state index is 13.3. The molecule has 1 aliphatic rings. The van der Waals surface area contributed by atoms with Crippen molar-refractivity contribution >= 4 is 5.91 Å². The first-order valence-electron chi connectivity index (χ1n) is 39.2. The number of carbonyl (C=O) groups excluding carboxylic acids is 1. The standard InChI is InChI=1S/C80H149NO10/c1-3-5-7-9-11-13-15-17-19-21-23-25-27-29-31-33-34-35-36-37-38-39-40-42-44-46-48-50-52-54-56-58-60-62-64-66-68-73(84)79(89)81-71(70-90-80-78(88)77(87)76(86)74(69-82)91-80)75(85)72(83)67-65-63-61-59-57-55-53-51-49-47-45-43-41-32-30-28-26-24-22-20-18-16-14-12-10-8-6-4-2/h31,33,35-36,43,45,51,53,59,61,71-78,80,82-88H,3-30,32,34,37-42,44,46-50,52,54-58,60,62-70H2,1-2H3,(H,81,89)/b33-31-,36-35-,45-43+,53-51+,61-59+. The van der Waals surface area contributed by atoms with E-state index < -0.39 is 74.2 Å². The van der Waals surface area contributed by atoms with Crippen LogP contribution in [0.1, 0.15) is 373 Å². The predicted molar refractivity (Wildman–Crippen MR) is 385 cm³/mol. The molecule has 0 bridgehead atoms. The van der Waals surface area contributed by atoms with Crippen molar-refractivity contribution in [1.82, 2.24) is 5.32 Å². The van der Waals surface area contributed by atoms with Crippen molar-refractivity contribution in [2.75, 3.05) is 13.2 Å². The van der Waals surface area contributed by atoms with E-state index in [0.29, 0.717) is 19.3 Å². The number of aliphatic hydroxyl groups is 7. The molecule has 1 rings (SSSR count). The van der Waals surface area contributed by atoms with Gasteiger partial charge in [-0.25, -0.2) is 0 Å². The van der Waals surface area contributed by atoms with Gasteiger partial charge in [-0.05, 0) is 96.3 Å². The molecular weight excluding hydrogens is 1130 g/mol. The summed E-state index contributed by atoms with van der Waals surface area (Å²) in [6, 6.07) is -1.20. The van der Waals surface area contributed by atoms with Crippen LogP contribution in [0, 0.1) is 0 Å². The van der Waals surface area contributed by atoms with Gasteiger partial charge in [0.25, 0.3) is 0 Å². The molecule has 1 amide bonds. The third kappa shape index (κ3) is 54.6. The van der Waals surface area contributed by atoms with Crippen LogP contribution in [-0.2, 0) is 14.3 Å². The first-order valence-corrected chi connectivity index (χ1v) is 39.2. The van der Waals surface area contributed by atoms with Gasteiger partial charge in [0, 0.05) is 0 Å². The SMILES string of the molecule is CCCCCCCCCCCCCCC/C=C\C/C=C\CCCCCCCCCCCCCCCCCCC(O)C(=O)NC(COC1OC(CO)C(O)C(O)C1O)C(O)C(O)CCC/C=C/CC/C=C/CC/C=C/CCCCCCCCCCCCCCCCC. The van der Waals surface area contributed by atoms with E-state index >= 15 is 0 Å². The van der Waals surface area contributed by atoms with E-state index in [1.165, 1.54) is 276 Å². The zero-order valence-electron chi connectivity index (χ0n) is 59.3. The molecule has 0 aliphatic carbocycles. The molecule has 1 fully saturated rings. The van der Waals surface area contributed by atoms with E-state index in [0.717, 1.165) is 51.4 Å². The highest BCUT2D eigenvalue weighted by molar-refractivity contribution is 5.80. The monoisotopic (exact) mass is 1280 g/mol. The molecule has 0 radical (unpaired) electrons. The van der Waals surface area contributed by atoms with Crippen molar-refractivity contribution in [2.24, 2.45) is 0 Å². The van der Waals surface area contributed by atoms with Crippen molar-refractivity contribution in [3.63, 3.8) is 0 Å². The van der Waals surface area contributed by atoms with Gasteiger partial charge in [0.15, 0.2) is 6.29 Å². The molecular formula is C80H149NO10. The average molecular weight is 1290 g/mol. The Hall–Kier alpha value is -2.19. The van der Waals surface area contributed by atoms with Crippen LogP contribution in [-0.4, -0.2) is 110 Å². The van der Waals surface area contributed by atoms with Gasteiger partial charge in [-0.2, -0.15) is 0 Å². The summed E-state index contributed by atoms with van der Waals surface area (Å²) >= 11 is 0. The highest BCUT2D eigenvalue weighted by Gasteiger charge is 2.44. The number of hydrogen-bond acceptors (Lipinski definition) is 10. The maximum Gasteiger partial charge on any atom is 0.249 e. The Morgan fingerprint density at radius 1 is 0.385 bits per heavy atom. The Kier molecular flexibility index (Phi) is 64.7. The third-order valence-electron chi connectivity index (χ3n) is 18.7. The molecule has 9 atom stereocenters. The summed E-state index contributed by atoms with van der Waals surface area (Å²) in [6.45, 7) is 3.49. The van der Waals surface area contributed by atoms with Crippen LogP contribution in [0.25, 0.3) is 0 Å². The molecule has 0 aromatic heterocycles. The highest BCUT2D eigenvalue weighted by Crippen LogP contribution is 2.24. The molecule has 534 valence electrons. The minimum atomic E-state index is -1.68. The number of carbonyl (C=O) groups is 1. The zero-order valence-corrected chi connectivity index (χ0v) is 59.3. The third-order valence-corrected chi connectivity index (χ3v) is 18.7. The average Bonchev–Trinajstić information content (AvgIpc) is 1.05. The Bertz CT molecular complexity index is 1670. The Morgan fingerprint density at radius 2 is 0.692 bits per heavy atom. The second-order valence-corrected chi connectivity index (χ2v) is 27.4. The van der Waals surface area contributed by atoms with E-state index in [4.69, 9.17) is 9.47 Å². The minimum absolute atomic E-state index is 0.241. The van der Waals surface area contributed by atoms with Crippen LogP contribution in [0.3, 0.4) is 0 Å². The fourth-order valence-corrected chi connectivity index (χ4v) is 12.5. The molecule has 1 saturated heterocycles. The van der Waals surface area contributed by atoms with E-state index in [-0.39, 0.29) is 12.8 Å². The van der Waals surface area contributed by atoms with Gasteiger partial charge in [-0.15, -0.1) is 0 Å². The van der Waals surface area contributed by atoms with E-state index in [1.807, 2.05) is 0 Å². The molecule has 0 saturated carbocycles. The van der Waals surface area contributed by atoms with Crippen LogP contribution < -0.4 is 5.32 Å². The Balaban J connectivity index is 2.18. The number of nitrogens with one attached hydrogen (secondary N) is 1. The number of ether oxygens (including phenoxy) is 2. The van der Waals surface area contributed by atoms with Gasteiger partial charge in [0.05, 0.1) is 25.4 Å². The molecule has 9 unspecified atom stereocenters. The molecule has 11 heteroatoms. The van der Waals surface area contributed by atoms with Gasteiger partial charge in [-0.1, -0.05) is 338 Å². The Morgan fingerprint density at radius 3 is 1.04 bits per heavy atom. The molecule has 1 aliphatic heterocycles. The largest absolute Gasteiger partial charge is 0.394 e. The van der Waals surface area contributed by atoms with E-state index in [1.54, 1.807) is 0 Å². The molecule has 0 aromatic rings. The van der Waals surface area contributed by atoms with Crippen LogP contribution in [0.2, 0.25) is 0 Å². The van der Waals surface area contributed by atoms with Crippen molar-refractivity contribution < 1.29 is 50.0 Å². The fraction of sp³-hybridized carbons (Fsp3) is 0.863. The van der Waals surface area contributed by atoms with Gasteiger partial charge in [-0.3, -0.25) is 4.79 Å². The summed E-state index contributed by atoms with van der Waals surface area (Å²) in [5.41, 5.74) is 0. The minimum Gasteiger partial charge on any atom is -0.394 e. The van der Waals surface area contributed by atoms with Gasteiger partial charge in [0.2, 0.25) is 5.91 Å². The Labute approximate surface area is 561 Å². The summed E-state index contributed by atoms with van der Waals surface area (Å²) in [5, 5.41) is 76.6. The smallest absolute Gasteiger partial charge is 0.249 e. The number of rotatable bonds is 69. The maximum absolute atomic E-state index is 13.3. The lowest BCUT2D eigenvalue weighted by Crippen LogP contribution is -2.60. The van der Waals surface area contributed by atoms with Crippen LogP contribution in [0.4, 0.5) is 0 Å². The normalized spacial score (nSPS) is 18.7. The first kappa shape index (κ1) is 86.8. The topological polar surface area (TPSA) is 189 Å². The molecule has 11 nitrogen and oxygen atoms in total. The number of unbranched alkanes of at least 4 members (excludes halogenated alkanes) is 47. The van der Waals surface area contributed by atoms with Crippen molar-refractivity contribution in [3.8, 4) is 0 Å². The highest BCUT2D eigenvalue weighted by atomic mass is 16.7. The van der Waals surface area contributed by atoms with Crippen molar-refractivity contribution in [1.29, 1.82) is 0 Å². The first-order chi connectivity index (χ1) is 44.7. The molecule has 8 N–H and O–H groups in total.